The molecule has 0 atom stereocenters. The molecule has 0 aliphatic rings. The Balaban J connectivity index is 1.47. The average molecular weight is 463 g/mol. The number of esters is 1. The molecular formula is C26H23ClN2O2S. The third kappa shape index (κ3) is 4.85. The van der Waals surface area contributed by atoms with Crippen molar-refractivity contribution < 1.29 is 9.53 Å². The van der Waals surface area contributed by atoms with Gasteiger partial charge in [0.05, 0.1) is 10.7 Å². The van der Waals surface area contributed by atoms with Gasteiger partial charge < -0.3 is 9.64 Å². The number of anilines is 1. The molecule has 0 amide bonds. The highest BCUT2D eigenvalue weighted by Crippen LogP contribution is 2.35. The maximum absolute atomic E-state index is 12.7. The van der Waals surface area contributed by atoms with E-state index < -0.39 is 5.97 Å². The van der Waals surface area contributed by atoms with E-state index in [0.717, 1.165) is 34.4 Å². The largest absolute Gasteiger partial charge is 0.422 e. The van der Waals surface area contributed by atoms with Gasteiger partial charge in [0.1, 0.15) is 10.6 Å². The number of hydrogen-bond donors (Lipinski definition) is 0. The number of hydrogen-bond acceptors (Lipinski definition) is 5. The van der Waals surface area contributed by atoms with Crippen LogP contribution in [-0.4, -0.2) is 25.3 Å². The lowest BCUT2D eigenvalue weighted by atomic mass is 10.2. The van der Waals surface area contributed by atoms with Gasteiger partial charge in [0.15, 0.2) is 0 Å². The van der Waals surface area contributed by atoms with E-state index in [4.69, 9.17) is 16.3 Å². The fourth-order valence-corrected chi connectivity index (χ4v) is 4.83. The normalized spacial score (nSPS) is 11.2. The summed E-state index contributed by atoms with van der Waals surface area (Å²) in [5, 5.41) is 1.29. The van der Waals surface area contributed by atoms with Gasteiger partial charge in [-0.2, -0.15) is 0 Å². The maximum atomic E-state index is 12.7. The van der Waals surface area contributed by atoms with E-state index in [-0.39, 0.29) is 0 Å². The first-order valence-electron chi connectivity index (χ1n) is 10.5. The molecule has 0 radical (unpaired) electrons. The zero-order valence-electron chi connectivity index (χ0n) is 17.9. The van der Waals surface area contributed by atoms with Crippen molar-refractivity contribution in [1.82, 2.24) is 0 Å². The third-order valence-electron chi connectivity index (χ3n) is 5.13. The van der Waals surface area contributed by atoms with Gasteiger partial charge in [0.2, 0.25) is 0 Å². The van der Waals surface area contributed by atoms with Crippen LogP contribution in [0.2, 0.25) is 5.02 Å². The summed E-state index contributed by atoms with van der Waals surface area (Å²) in [6, 6.07) is 23.1. The summed E-state index contributed by atoms with van der Waals surface area (Å²) in [6.45, 7) is 6.23. The summed E-state index contributed by atoms with van der Waals surface area (Å²) in [5.74, 6) is -0.0124. The summed E-state index contributed by atoms with van der Waals surface area (Å²) in [5.41, 5.74) is 2.88. The molecule has 1 aromatic heterocycles. The SMILES string of the molecule is CCN(CC)c1ccc(N=Cc2cccc(OC(=O)c3sc4ccccc4c3Cl)c2)cc1. The highest BCUT2D eigenvalue weighted by atomic mass is 35.5. The van der Waals surface area contributed by atoms with Gasteiger partial charge in [-0.1, -0.05) is 41.9 Å². The number of halogens is 1. The first-order valence-corrected chi connectivity index (χ1v) is 11.7. The molecule has 0 unspecified atom stereocenters. The van der Waals surface area contributed by atoms with Gasteiger partial charge in [-0.3, -0.25) is 4.99 Å². The number of thiophene rings is 1. The van der Waals surface area contributed by atoms with E-state index in [1.54, 1.807) is 18.3 Å². The van der Waals surface area contributed by atoms with Crippen molar-refractivity contribution in [3.8, 4) is 5.75 Å². The highest BCUT2D eigenvalue weighted by Gasteiger charge is 2.19. The summed E-state index contributed by atoms with van der Waals surface area (Å²) in [7, 11) is 0. The molecule has 0 N–H and O–H groups in total. The second-order valence-corrected chi connectivity index (χ2v) is 8.58. The van der Waals surface area contributed by atoms with E-state index in [1.165, 1.54) is 17.0 Å². The van der Waals surface area contributed by atoms with Crippen molar-refractivity contribution >= 4 is 56.6 Å². The molecule has 162 valence electrons. The summed E-state index contributed by atoms with van der Waals surface area (Å²) in [4.78, 5) is 19.9. The van der Waals surface area contributed by atoms with Crippen LogP contribution in [0.1, 0.15) is 29.1 Å². The number of benzene rings is 3. The van der Waals surface area contributed by atoms with Crippen LogP contribution in [0.3, 0.4) is 0 Å². The predicted octanol–water partition coefficient (Wildman–Crippen LogP) is 7.37. The number of carbonyl (C=O) groups excluding carboxylic acids is 1. The van der Waals surface area contributed by atoms with Gasteiger partial charge in [-0.25, -0.2) is 4.79 Å². The smallest absolute Gasteiger partial charge is 0.355 e. The van der Waals surface area contributed by atoms with E-state index >= 15 is 0 Å². The Morgan fingerprint density at radius 1 is 1.03 bits per heavy atom. The topological polar surface area (TPSA) is 41.9 Å². The second kappa shape index (κ2) is 9.98. The standard InChI is InChI=1S/C26H23ClN2O2S/c1-3-29(4-2)20-14-12-19(13-15-20)28-17-18-8-7-9-21(16-18)31-26(30)25-24(27)22-10-5-6-11-23(22)32-25/h5-17H,3-4H2,1-2H3. The monoisotopic (exact) mass is 462 g/mol. The first kappa shape index (κ1) is 22.1. The lowest BCUT2D eigenvalue weighted by Gasteiger charge is -2.20. The minimum absolute atomic E-state index is 0.403. The van der Waals surface area contributed by atoms with E-state index in [2.05, 4.69) is 35.9 Å². The second-order valence-electron chi connectivity index (χ2n) is 7.15. The number of rotatable bonds is 7. The number of aliphatic imine (C=N–C) groups is 1. The van der Waals surface area contributed by atoms with E-state index in [1.807, 2.05) is 48.5 Å². The van der Waals surface area contributed by atoms with E-state index in [0.29, 0.717) is 15.6 Å². The quantitative estimate of drug-likeness (QED) is 0.163. The van der Waals surface area contributed by atoms with Crippen molar-refractivity contribution in [3.05, 3.63) is 88.3 Å². The minimum atomic E-state index is -0.461. The van der Waals surface area contributed by atoms with Gasteiger partial charge in [-0.15, -0.1) is 11.3 Å². The van der Waals surface area contributed by atoms with Gasteiger partial charge in [-0.05, 0) is 61.9 Å². The highest BCUT2D eigenvalue weighted by molar-refractivity contribution is 7.21. The molecule has 0 aliphatic heterocycles. The van der Waals surface area contributed by atoms with Crippen LogP contribution in [0, 0.1) is 0 Å². The Bertz CT molecular complexity index is 1260. The van der Waals surface area contributed by atoms with Gasteiger partial charge in [0, 0.05) is 35.1 Å². The van der Waals surface area contributed by atoms with Crippen LogP contribution >= 0.6 is 22.9 Å². The van der Waals surface area contributed by atoms with Gasteiger partial charge in [0.25, 0.3) is 0 Å². The molecule has 0 spiro atoms. The zero-order valence-corrected chi connectivity index (χ0v) is 19.5. The predicted molar refractivity (Wildman–Crippen MR) is 135 cm³/mol. The lowest BCUT2D eigenvalue weighted by molar-refractivity contribution is 0.0740. The molecule has 0 saturated heterocycles. The van der Waals surface area contributed by atoms with Crippen LogP contribution in [0.4, 0.5) is 11.4 Å². The molecule has 0 bridgehead atoms. The summed E-state index contributed by atoms with van der Waals surface area (Å²) >= 11 is 7.73. The van der Waals surface area contributed by atoms with Crippen LogP contribution in [0.5, 0.6) is 5.75 Å². The van der Waals surface area contributed by atoms with E-state index in [9.17, 15) is 4.79 Å². The number of ether oxygens (including phenoxy) is 1. The van der Waals surface area contributed by atoms with Crippen LogP contribution in [0.25, 0.3) is 10.1 Å². The molecule has 3 aromatic carbocycles. The fourth-order valence-electron chi connectivity index (χ4n) is 3.44. The molecular weight excluding hydrogens is 440 g/mol. The number of carbonyl (C=O) groups is 1. The Morgan fingerprint density at radius 2 is 1.78 bits per heavy atom. The molecule has 32 heavy (non-hydrogen) atoms. The number of nitrogens with zero attached hydrogens (tertiary/aromatic N) is 2. The molecule has 1 heterocycles. The van der Waals surface area contributed by atoms with Gasteiger partial charge >= 0.3 is 5.97 Å². The molecule has 4 aromatic rings. The Morgan fingerprint density at radius 3 is 2.50 bits per heavy atom. The van der Waals surface area contributed by atoms with Crippen LogP contribution < -0.4 is 9.64 Å². The zero-order chi connectivity index (χ0) is 22.5. The van der Waals surface area contributed by atoms with Crippen LogP contribution in [-0.2, 0) is 0 Å². The van der Waals surface area contributed by atoms with Crippen LogP contribution in [0.15, 0.2) is 77.8 Å². The molecule has 4 rings (SSSR count). The lowest BCUT2D eigenvalue weighted by Crippen LogP contribution is -2.21. The summed E-state index contributed by atoms with van der Waals surface area (Å²) < 4.78 is 6.55. The van der Waals surface area contributed by atoms with Crippen molar-refractivity contribution in [2.45, 2.75) is 13.8 Å². The molecule has 0 aliphatic carbocycles. The summed E-state index contributed by atoms with van der Waals surface area (Å²) in [6.07, 6.45) is 1.76. The Kier molecular flexibility index (Phi) is 6.88. The average Bonchev–Trinajstić information content (AvgIpc) is 3.16. The fraction of sp³-hybridized carbons (Fsp3) is 0.154. The third-order valence-corrected chi connectivity index (χ3v) is 6.79. The van der Waals surface area contributed by atoms with Crippen molar-refractivity contribution in [2.75, 3.05) is 18.0 Å². The molecule has 0 saturated carbocycles. The molecule has 0 fully saturated rings. The molecule has 6 heteroatoms. The minimum Gasteiger partial charge on any atom is -0.422 e. The first-order chi connectivity index (χ1) is 15.6. The Hall–Kier alpha value is -3.15. The Labute approximate surface area is 196 Å². The van der Waals surface area contributed by atoms with Crippen molar-refractivity contribution in [3.63, 3.8) is 0 Å². The maximum Gasteiger partial charge on any atom is 0.355 e. The van der Waals surface area contributed by atoms with Crippen molar-refractivity contribution in [1.29, 1.82) is 0 Å². The molecule has 4 nitrogen and oxygen atoms in total. The number of fused-ring (bicyclic) bond motifs is 1. The van der Waals surface area contributed by atoms with Crippen molar-refractivity contribution in [2.24, 2.45) is 4.99 Å².